The first-order valence-electron chi connectivity index (χ1n) is 7.89. The number of rotatable bonds is 4. The lowest BCUT2D eigenvalue weighted by molar-refractivity contribution is 0.208. The molecule has 116 valence electrons. The van der Waals surface area contributed by atoms with Crippen molar-refractivity contribution in [3.8, 4) is 0 Å². The van der Waals surface area contributed by atoms with Crippen molar-refractivity contribution in [2.45, 2.75) is 26.2 Å². The zero-order valence-electron chi connectivity index (χ0n) is 13.3. The van der Waals surface area contributed by atoms with Crippen LogP contribution in [-0.4, -0.2) is 40.0 Å². The minimum atomic E-state index is 0.693. The van der Waals surface area contributed by atoms with E-state index < -0.39 is 0 Å². The van der Waals surface area contributed by atoms with Gasteiger partial charge in [-0.15, -0.1) is 0 Å². The van der Waals surface area contributed by atoms with Crippen LogP contribution >= 0.6 is 0 Å². The number of anilines is 2. The zero-order chi connectivity index (χ0) is 15.4. The second-order valence-electron chi connectivity index (χ2n) is 6.16. The zero-order valence-corrected chi connectivity index (χ0v) is 13.3. The van der Waals surface area contributed by atoms with Crippen LogP contribution in [0.25, 0.3) is 0 Å². The molecule has 2 aromatic heterocycles. The molecule has 1 fully saturated rings. The van der Waals surface area contributed by atoms with Crippen molar-refractivity contribution in [3.63, 3.8) is 0 Å². The van der Waals surface area contributed by atoms with Crippen LogP contribution in [0, 0.1) is 12.8 Å². The predicted molar refractivity (Wildman–Crippen MR) is 88.2 cm³/mol. The summed E-state index contributed by atoms with van der Waals surface area (Å²) in [5.74, 6) is 2.33. The molecule has 0 aliphatic carbocycles. The summed E-state index contributed by atoms with van der Waals surface area (Å²) in [6.45, 7) is 4.36. The number of hydrogen-bond donors (Lipinski definition) is 1. The van der Waals surface area contributed by atoms with Gasteiger partial charge in [0.1, 0.15) is 18.0 Å². The minimum absolute atomic E-state index is 0.693. The third kappa shape index (κ3) is 4.01. The Bertz CT molecular complexity index is 628. The van der Waals surface area contributed by atoms with Crippen LogP contribution in [0.2, 0.25) is 0 Å². The summed E-state index contributed by atoms with van der Waals surface area (Å²) < 4.78 is 0. The highest BCUT2D eigenvalue weighted by Crippen LogP contribution is 2.20. The van der Waals surface area contributed by atoms with Crippen molar-refractivity contribution in [3.05, 3.63) is 42.0 Å². The normalized spacial score (nSPS) is 19.1. The summed E-state index contributed by atoms with van der Waals surface area (Å²) in [5.41, 5.74) is 2.09. The molecule has 3 rings (SSSR count). The quantitative estimate of drug-likeness (QED) is 0.940. The van der Waals surface area contributed by atoms with E-state index in [9.17, 15) is 0 Å². The molecule has 0 radical (unpaired) electrons. The average Bonchev–Trinajstić information content (AvgIpc) is 2.47. The number of aryl methyl sites for hydroxylation is 1. The molecule has 5 heteroatoms. The number of hydrogen-bond acceptors (Lipinski definition) is 5. The molecule has 5 nitrogen and oxygen atoms in total. The van der Waals surface area contributed by atoms with Crippen molar-refractivity contribution in [2.75, 3.05) is 25.5 Å². The number of nitrogens with one attached hydrogen (secondary N) is 1. The molecule has 0 bridgehead atoms. The first-order chi connectivity index (χ1) is 10.7. The van der Waals surface area contributed by atoms with Gasteiger partial charge in [-0.25, -0.2) is 15.0 Å². The third-order valence-corrected chi connectivity index (χ3v) is 4.09. The molecule has 0 unspecified atom stereocenters. The summed E-state index contributed by atoms with van der Waals surface area (Å²) in [6.07, 6.45) is 5.23. The van der Waals surface area contributed by atoms with Crippen LogP contribution in [0.15, 0.2) is 30.6 Å². The maximum Gasteiger partial charge on any atom is 0.135 e. The van der Waals surface area contributed by atoms with Crippen molar-refractivity contribution in [1.82, 2.24) is 19.9 Å². The van der Waals surface area contributed by atoms with Gasteiger partial charge in [0.15, 0.2) is 0 Å². The molecule has 1 saturated heterocycles. The maximum absolute atomic E-state index is 4.45. The Labute approximate surface area is 131 Å². The fourth-order valence-electron chi connectivity index (χ4n) is 3.06. The van der Waals surface area contributed by atoms with Crippen LogP contribution in [-0.2, 0) is 6.42 Å². The van der Waals surface area contributed by atoms with E-state index in [0.29, 0.717) is 5.92 Å². The van der Waals surface area contributed by atoms with Gasteiger partial charge >= 0.3 is 0 Å². The van der Waals surface area contributed by atoms with E-state index in [2.05, 4.69) is 32.2 Å². The van der Waals surface area contributed by atoms with Crippen molar-refractivity contribution >= 4 is 11.6 Å². The van der Waals surface area contributed by atoms with Crippen molar-refractivity contribution in [2.24, 2.45) is 5.92 Å². The maximum atomic E-state index is 4.45. The van der Waals surface area contributed by atoms with Gasteiger partial charge in [-0.05, 0) is 57.8 Å². The fourth-order valence-corrected chi connectivity index (χ4v) is 3.06. The van der Waals surface area contributed by atoms with E-state index in [4.69, 9.17) is 0 Å². The number of aromatic nitrogens is 3. The van der Waals surface area contributed by atoms with Crippen LogP contribution in [0.4, 0.5) is 11.6 Å². The smallest absolute Gasteiger partial charge is 0.135 e. The van der Waals surface area contributed by atoms with E-state index in [1.165, 1.54) is 19.4 Å². The highest BCUT2D eigenvalue weighted by molar-refractivity contribution is 5.51. The second-order valence-corrected chi connectivity index (χ2v) is 6.16. The first-order valence-corrected chi connectivity index (χ1v) is 7.89. The van der Waals surface area contributed by atoms with E-state index in [1.807, 2.05) is 31.2 Å². The SMILES string of the molecule is Cc1cccc(Nc2cc(C[C@H]3CCCN(C)C3)ncn2)n1. The molecule has 0 aromatic carbocycles. The van der Waals surface area contributed by atoms with Crippen LogP contribution in [0.5, 0.6) is 0 Å². The third-order valence-electron chi connectivity index (χ3n) is 4.09. The van der Waals surface area contributed by atoms with Crippen LogP contribution < -0.4 is 5.32 Å². The average molecular weight is 297 g/mol. The number of nitrogens with zero attached hydrogens (tertiary/aromatic N) is 4. The molecule has 1 aliphatic heterocycles. The first kappa shape index (κ1) is 14.9. The Morgan fingerprint density at radius 1 is 1.27 bits per heavy atom. The standard InChI is InChI=1S/C17H23N5/c1-13-5-3-7-16(20-13)21-17-10-15(18-12-19-17)9-14-6-4-8-22(2)11-14/h3,5,7,10,12,14H,4,6,8-9,11H2,1-2H3,(H,18,19,20,21)/t14-/m1/s1. The molecule has 1 aliphatic rings. The van der Waals surface area contributed by atoms with E-state index in [-0.39, 0.29) is 0 Å². The molecule has 1 atom stereocenters. The lowest BCUT2D eigenvalue weighted by atomic mass is 9.93. The summed E-state index contributed by atoms with van der Waals surface area (Å²) in [4.78, 5) is 15.6. The topological polar surface area (TPSA) is 53.9 Å². The summed E-state index contributed by atoms with van der Waals surface area (Å²) in [7, 11) is 2.20. The van der Waals surface area contributed by atoms with Gasteiger partial charge in [-0.2, -0.15) is 0 Å². The van der Waals surface area contributed by atoms with Gasteiger partial charge in [0, 0.05) is 24.0 Å². The summed E-state index contributed by atoms with van der Waals surface area (Å²) in [5, 5.41) is 3.26. The van der Waals surface area contributed by atoms with E-state index in [0.717, 1.165) is 36.0 Å². The Morgan fingerprint density at radius 3 is 3.00 bits per heavy atom. The molecule has 22 heavy (non-hydrogen) atoms. The summed E-state index contributed by atoms with van der Waals surface area (Å²) in [6, 6.07) is 7.96. The number of pyridine rings is 1. The van der Waals surface area contributed by atoms with Gasteiger partial charge in [-0.3, -0.25) is 0 Å². The number of likely N-dealkylation sites (tertiary alicyclic amines) is 1. The molecule has 2 aromatic rings. The second kappa shape index (κ2) is 6.83. The minimum Gasteiger partial charge on any atom is -0.325 e. The lowest BCUT2D eigenvalue weighted by Crippen LogP contribution is -2.33. The van der Waals surface area contributed by atoms with Gasteiger partial charge in [-0.1, -0.05) is 6.07 Å². The van der Waals surface area contributed by atoms with Crippen LogP contribution in [0.1, 0.15) is 24.2 Å². The molecule has 1 N–H and O–H groups in total. The molecule has 0 saturated carbocycles. The van der Waals surface area contributed by atoms with Gasteiger partial charge < -0.3 is 10.2 Å². The molecular weight excluding hydrogens is 274 g/mol. The molecule has 0 spiro atoms. The van der Waals surface area contributed by atoms with E-state index in [1.54, 1.807) is 6.33 Å². The summed E-state index contributed by atoms with van der Waals surface area (Å²) >= 11 is 0. The number of piperidine rings is 1. The Hall–Kier alpha value is -2.01. The van der Waals surface area contributed by atoms with Crippen molar-refractivity contribution in [1.29, 1.82) is 0 Å². The van der Waals surface area contributed by atoms with Crippen LogP contribution in [0.3, 0.4) is 0 Å². The van der Waals surface area contributed by atoms with Gasteiger partial charge in [0.2, 0.25) is 0 Å². The monoisotopic (exact) mass is 297 g/mol. The Morgan fingerprint density at radius 2 is 2.18 bits per heavy atom. The largest absolute Gasteiger partial charge is 0.325 e. The molecule has 3 heterocycles. The van der Waals surface area contributed by atoms with Crippen molar-refractivity contribution < 1.29 is 0 Å². The van der Waals surface area contributed by atoms with Gasteiger partial charge in [0.05, 0.1) is 0 Å². The fraction of sp³-hybridized carbons (Fsp3) is 0.471. The van der Waals surface area contributed by atoms with E-state index >= 15 is 0 Å². The highest BCUT2D eigenvalue weighted by Gasteiger charge is 2.18. The van der Waals surface area contributed by atoms with Gasteiger partial charge in [0.25, 0.3) is 0 Å². The predicted octanol–water partition coefficient (Wildman–Crippen LogP) is 2.81. The lowest BCUT2D eigenvalue weighted by Gasteiger charge is -2.29. The highest BCUT2D eigenvalue weighted by atomic mass is 15.1. The Kier molecular flexibility index (Phi) is 4.63. The molecular formula is C17H23N5. The molecule has 0 amide bonds. The Balaban J connectivity index is 1.67.